The van der Waals surface area contributed by atoms with E-state index in [-0.39, 0.29) is 0 Å². The summed E-state index contributed by atoms with van der Waals surface area (Å²) < 4.78 is 10.8. The second kappa shape index (κ2) is 7.50. The van der Waals surface area contributed by atoms with Gasteiger partial charge in [-0.25, -0.2) is 4.79 Å². The number of methoxy groups -OCH3 is 1. The molecule has 0 aliphatic heterocycles. The fourth-order valence-corrected chi connectivity index (χ4v) is 2.17. The van der Waals surface area contributed by atoms with Gasteiger partial charge in [-0.05, 0) is 29.7 Å². The van der Waals surface area contributed by atoms with E-state index < -0.39 is 12.1 Å². The van der Waals surface area contributed by atoms with Gasteiger partial charge in [-0.2, -0.15) is 0 Å². The molecule has 0 aliphatic carbocycles. The molecule has 0 spiro atoms. The third-order valence-electron chi connectivity index (χ3n) is 3.47. The van der Waals surface area contributed by atoms with Crippen LogP contribution in [0.3, 0.4) is 0 Å². The van der Waals surface area contributed by atoms with Gasteiger partial charge in [0, 0.05) is 6.42 Å². The SMILES string of the molecule is CCc1ccc(C[C@H](Oc2ccccc2OC)C(=O)O)cc1. The largest absolute Gasteiger partial charge is 0.493 e. The van der Waals surface area contributed by atoms with E-state index in [2.05, 4.69) is 6.92 Å². The number of carboxylic acid groups (broad SMARTS) is 1. The molecule has 0 radical (unpaired) electrons. The third kappa shape index (κ3) is 4.01. The number of aryl methyl sites for hydroxylation is 1. The highest BCUT2D eigenvalue weighted by molar-refractivity contribution is 5.73. The number of hydrogen-bond donors (Lipinski definition) is 1. The van der Waals surface area contributed by atoms with Crippen LogP contribution in [0, 0.1) is 0 Å². The van der Waals surface area contributed by atoms with Gasteiger partial charge in [0.2, 0.25) is 0 Å². The predicted molar refractivity (Wildman–Crippen MR) is 84.6 cm³/mol. The maximum absolute atomic E-state index is 11.5. The lowest BCUT2D eigenvalue weighted by atomic mass is 10.0. The molecular weight excluding hydrogens is 280 g/mol. The molecular formula is C18H20O4. The molecule has 2 aromatic carbocycles. The van der Waals surface area contributed by atoms with E-state index in [1.165, 1.54) is 12.7 Å². The molecule has 4 heteroatoms. The van der Waals surface area contributed by atoms with Gasteiger partial charge >= 0.3 is 5.97 Å². The van der Waals surface area contributed by atoms with Gasteiger partial charge in [-0.15, -0.1) is 0 Å². The first-order chi connectivity index (χ1) is 10.6. The van der Waals surface area contributed by atoms with E-state index in [1.54, 1.807) is 18.2 Å². The van der Waals surface area contributed by atoms with Crippen LogP contribution < -0.4 is 9.47 Å². The standard InChI is InChI=1S/C18H20O4/c1-3-13-8-10-14(11-9-13)12-17(18(19)20)22-16-7-5-4-6-15(16)21-2/h4-11,17H,3,12H2,1-2H3,(H,19,20)/t17-/m0/s1. The van der Waals surface area contributed by atoms with Crippen molar-refractivity contribution < 1.29 is 19.4 Å². The van der Waals surface area contributed by atoms with Crippen molar-refractivity contribution in [1.29, 1.82) is 0 Å². The molecule has 0 fully saturated rings. The van der Waals surface area contributed by atoms with Gasteiger partial charge in [0.25, 0.3) is 0 Å². The summed E-state index contributed by atoms with van der Waals surface area (Å²) in [5.74, 6) is -0.0388. The van der Waals surface area contributed by atoms with Crippen LogP contribution in [0.5, 0.6) is 11.5 Å². The zero-order valence-electron chi connectivity index (χ0n) is 12.8. The number of aliphatic carboxylic acids is 1. The fourth-order valence-electron chi connectivity index (χ4n) is 2.17. The van der Waals surface area contributed by atoms with E-state index in [4.69, 9.17) is 9.47 Å². The summed E-state index contributed by atoms with van der Waals surface area (Å²) in [6.45, 7) is 2.08. The Morgan fingerprint density at radius 3 is 2.18 bits per heavy atom. The molecule has 1 atom stereocenters. The molecule has 0 unspecified atom stereocenters. The molecule has 2 aromatic rings. The van der Waals surface area contributed by atoms with Crippen molar-refractivity contribution >= 4 is 5.97 Å². The number of rotatable bonds is 7. The van der Waals surface area contributed by atoms with Crippen LogP contribution in [-0.4, -0.2) is 24.3 Å². The summed E-state index contributed by atoms with van der Waals surface area (Å²) >= 11 is 0. The Bertz CT molecular complexity index is 619. The number of benzene rings is 2. The molecule has 22 heavy (non-hydrogen) atoms. The average Bonchev–Trinajstić information content (AvgIpc) is 2.55. The number of carboxylic acids is 1. The van der Waals surface area contributed by atoms with Crippen LogP contribution in [0.4, 0.5) is 0 Å². The van der Waals surface area contributed by atoms with Crippen LogP contribution in [0.25, 0.3) is 0 Å². The minimum atomic E-state index is -0.995. The quantitative estimate of drug-likeness (QED) is 0.852. The van der Waals surface area contributed by atoms with Gasteiger partial charge in [0.05, 0.1) is 7.11 Å². The normalized spacial score (nSPS) is 11.7. The average molecular weight is 300 g/mol. The molecule has 0 aliphatic rings. The molecule has 0 saturated heterocycles. The molecule has 116 valence electrons. The van der Waals surface area contributed by atoms with Gasteiger partial charge in [-0.1, -0.05) is 43.3 Å². The zero-order valence-corrected chi connectivity index (χ0v) is 12.8. The Labute approximate surface area is 130 Å². The lowest BCUT2D eigenvalue weighted by Gasteiger charge is -2.17. The van der Waals surface area contributed by atoms with Crippen LogP contribution in [0.15, 0.2) is 48.5 Å². The predicted octanol–water partition coefficient (Wildman–Crippen LogP) is 3.33. The minimum Gasteiger partial charge on any atom is -0.493 e. The number of ether oxygens (including phenoxy) is 2. The van der Waals surface area contributed by atoms with E-state index in [9.17, 15) is 9.90 Å². The third-order valence-corrected chi connectivity index (χ3v) is 3.47. The summed E-state index contributed by atoms with van der Waals surface area (Å²) in [6.07, 6.45) is 0.307. The van der Waals surface area contributed by atoms with Crippen molar-refractivity contribution in [3.8, 4) is 11.5 Å². The Kier molecular flexibility index (Phi) is 5.42. The topological polar surface area (TPSA) is 55.8 Å². The lowest BCUT2D eigenvalue weighted by molar-refractivity contribution is -0.145. The van der Waals surface area contributed by atoms with Crippen LogP contribution >= 0.6 is 0 Å². The van der Waals surface area contributed by atoms with Gasteiger partial charge in [0.1, 0.15) is 0 Å². The van der Waals surface area contributed by atoms with Crippen LogP contribution in [0.1, 0.15) is 18.1 Å². The monoisotopic (exact) mass is 300 g/mol. The highest BCUT2D eigenvalue weighted by Crippen LogP contribution is 2.27. The molecule has 0 aromatic heterocycles. The van der Waals surface area contributed by atoms with Crippen molar-refractivity contribution in [3.63, 3.8) is 0 Å². The van der Waals surface area contributed by atoms with Crippen LogP contribution in [0.2, 0.25) is 0 Å². The first kappa shape index (κ1) is 15.9. The van der Waals surface area contributed by atoms with Gasteiger partial charge in [0.15, 0.2) is 17.6 Å². The maximum atomic E-state index is 11.5. The molecule has 1 N–H and O–H groups in total. The molecule has 0 amide bonds. The summed E-state index contributed by atoms with van der Waals surface area (Å²) in [5, 5.41) is 9.39. The van der Waals surface area contributed by atoms with E-state index in [1.807, 2.05) is 30.3 Å². The molecule has 2 rings (SSSR count). The second-order valence-electron chi connectivity index (χ2n) is 4.97. The van der Waals surface area contributed by atoms with E-state index in [0.29, 0.717) is 17.9 Å². The summed E-state index contributed by atoms with van der Waals surface area (Å²) in [5.41, 5.74) is 2.15. The van der Waals surface area contributed by atoms with Crippen molar-refractivity contribution in [1.82, 2.24) is 0 Å². The number of para-hydroxylation sites is 2. The van der Waals surface area contributed by atoms with Crippen molar-refractivity contribution in [2.45, 2.75) is 25.9 Å². The Balaban J connectivity index is 2.14. The second-order valence-corrected chi connectivity index (χ2v) is 4.97. The summed E-state index contributed by atoms with van der Waals surface area (Å²) in [7, 11) is 1.53. The molecule has 0 bridgehead atoms. The van der Waals surface area contributed by atoms with Crippen molar-refractivity contribution in [2.24, 2.45) is 0 Å². The van der Waals surface area contributed by atoms with E-state index in [0.717, 1.165) is 12.0 Å². The number of hydrogen-bond acceptors (Lipinski definition) is 3. The molecule has 0 saturated carbocycles. The smallest absolute Gasteiger partial charge is 0.345 e. The van der Waals surface area contributed by atoms with Crippen molar-refractivity contribution in [2.75, 3.05) is 7.11 Å². The Morgan fingerprint density at radius 2 is 1.64 bits per heavy atom. The van der Waals surface area contributed by atoms with Gasteiger partial charge in [-0.3, -0.25) is 0 Å². The van der Waals surface area contributed by atoms with Crippen LogP contribution in [-0.2, 0) is 17.6 Å². The summed E-state index contributed by atoms with van der Waals surface area (Å²) in [6, 6.07) is 15.0. The fraction of sp³-hybridized carbons (Fsp3) is 0.278. The Hall–Kier alpha value is -2.49. The van der Waals surface area contributed by atoms with Gasteiger partial charge < -0.3 is 14.6 Å². The highest BCUT2D eigenvalue weighted by Gasteiger charge is 2.21. The maximum Gasteiger partial charge on any atom is 0.345 e. The molecule has 4 nitrogen and oxygen atoms in total. The zero-order chi connectivity index (χ0) is 15.9. The number of carbonyl (C=O) groups is 1. The lowest BCUT2D eigenvalue weighted by Crippen LogP contribution is -2.29. The van der Waals surface area contributed by atoms with Crippen molar-refractivity contribution in [3.05, 3.63) is 59.7 Å². The minimum absolute atomic E-state index is 0.303. The first-order valence-corrected chi connectivity index (χ1v) is 7.24. The first-order valence-electron chi connectivity index (χ1n) is 7.24. The van der Waals surface area contributed by atoms with E-state index >= 15 is 0 Å². The Morgan fingerprint density at radius 1 is 1.05 bits per heavy atom. The molecule has 0 heterocycles. The summed E-state index contributed by atoms with van der Waals surface area (Å²) in [4.78, 5) is 11.5. The highest BCUT2D eigenvalue weighted by atomic mass is 16.5.